The number of esters is 1. The van der Waals surface area contributed by atoms with E-state index in [4.69, 9.17) is 21.1 Å². The predicted molar refractivity (Wildman–Crippen MR) is 85.3 cm³/mol. The minimum Gasteiger partial charge on any atom is -0.493 e. The molecule has 0 heterocycles. The summed E-state index contributed by atoms with van der Waals surface area (Å²) in [6.07, 6.45) is 0. The summed E-state index contributed by atoms with van der Waals surface area (Å²) >= 11 is 5.71. The summed E-state index contributed by atoms with van der Waals surface area (Å²) in [6.45, 7) is -0.511. The van der Waals surface area contributed by atoms with Gasteiger partial charge in [0.05, 0.1) is 12.0 Å². The number of carbonyl (C=O) groups excluding carboxylic acids is 1. The summed E-state index contributed by atoms with van der Waals surface area (Å²) in [4.78, 5) is 11.8. The molecular formula is C15H14ClNO5S. The molecule has 0 aliphatic carbocycles. The van der Waals surface area contributed by atoms with Gasteiger partial charge in [-0.2, -0.15) is 4.72 Å². The second-order valence-corrected chi connectivity index (χ2v) is 6.61. The topological polar surface area (TPSA) is 81.7 Å². The van der Waals surface area contributed by atoms with E-state index in [9.17, 15) is 13.2 Å². The van der Waals surface area contributed by atoms with E-state index in [-0.39, 0.29) is 10.6 Å². The minimum atomic E-state index is -3.82. The van der Waals surface area contributed by atoms with Crippen molar-refractivity contribution < 1.29 is 22.7 Å². The normalized spacial score (nSPS) is 11.0. The van der Waals surface area contributed by atoms with Crippen LogP contribution in [0.1, 0.15) is 0 Å². The van der Waals surface area contributed by atoms with E-state index in [1.807, 2.05) is 0 Å². The maximum absolute atomic E-state index is 12.0. The predicted octanol–water partition coefficient (Wildman–Crippen LogP) is 2.23. The van der Waals surface area contributed by atoms with Crippen molar-refractivity contribution in [1.82, 2.24) is 4.72 Å². The van der Waals surface area contributed by atoms with E-state index < -0.39 is 22.5 Å². The van der Waals surface area contributed by atoms with Crippen LogP contribution in [0.3, 0.4) is 0 Å². The van der Waals surface area contributed by atoms with Crippen LogP contribution in [0.15, 0.2) is 53.4 Å². The van der Waals surface area contributed by atoms with Gasteiger partial charge in [-0.05, 0) is 36.4 Å². The SMILES string of the molecule is COc1ccccc1OC(=O)CNS(=O)(=O)c1ccc(Cl)cc1. The number of para-hydroxylation sites is 2. The number of nitrogens with one attached hydrogen (secondary N) is 1. The lowest BCUT2D eigenvalue weighted by Gasteiger charge is -2.09. The molecule has 23 heavy (non-hydrogen) atoms. The van der Waals surface area contributed by atoms with E-state index in [0.717, 1.165) is 0 Å². The van der Waals surface area contributed by atoms with Gasteiger partial charge in [0.15, 0.2) is 11.5 Å². The fourth-order valence-corrected chi connectivity index (χ4v) is 2.81. The Morgan fingerprint density at radius 3 is 2.30 bits per heavy atom. The highest BCUT2D eigenvalue weighted by Gasteiger charge is 2.17. The highest BCUT2D eigenvalue weighted by molar-refractivity contribution is 7.89. The summed E-state index contributed by atoms with van der Waals surface area (Å²) in [7, 11) is -2.38. The second-order valence-electron chi connectivity index (χ2n) is 4.40. The minimum absolute atomic E-state index is 0.00647. The third-order valence-electron chi connectivity index (χ3n) is 2.82. The fourth-order valence-electron chi connectivity index (χ4n) is 1.71. The third kappa shape index (κ3) is 4.69. The molecule has 0 aromatic heterocycles. The molecule has 6 nitrogen and oxygen atoms in total. The summed E-state index contributed by atoms with van der Waals surface area (Å²) in [6, 6.07) is 12.1. The van der Waals surface area contributed by atoms with Gasteiger partial charge in [0.25, 0.3) is 0 Å². The molecule has 1 N–H and O–H groups in total. The average Bonchev–Trinajstić information content (AvgIpc) is 2.54. The summed E-state index contributed by atoms with van der Waals surface area (Å²) in [5.74, 6) is -0.167. The molecule has 0 unspecified atom stereocenters. The number of hydrogen-bond acceptors (Lipinski definition) is 5. The summed E-state index contributed by atoms with van der Waals surface area (Å²) in [5, 5.41) is 0.416. The molecule has 122 valence electrons. The third-order valence-corrected chi connectivity index (χ3v) is 4.49. The summed E-state index contributed by atoms with van der Waals surface area (Å²) < 4.78 is 36.4. The molecule has 0 fully saturated rings. The van der Waals surface area contributed by atoms with Crippen molar-refractivity contribution in [3.05, 3.63) is 53.6 Å². The van der Waals surface area contributed by atoms with Crippen molar-refractivity contribution >= 4 is 27.6 Å². The molecule has 8 heteroatoms. The number of sulfonamides is 1. The molecule has 0 atom stereocenters. The van der Waals surface area contributed by atoms with Crippen molar-refractivity contribution in [2.75, 3.05) is 13.7 Å². The van der Waals surface area contributed by atoms with Gasteiger partial charge in [0, 0.05) is 5.02 Å². The molecule has 0 radical (unpaired) electrons. The Morgan fingerprint density at radius 2 is 1.70 bits per heavy atom. The Hall–Kier alpha value is -2.09. The average molecular weight is 356 g/mol. The van der Waals surface area contributed by atoms with Crippen LogP contribution in [0.2, 0.25) is 5.02 Å². The number of hydrogen-bond donors (Lipinski definition) is 1. The van der Waals surface area contributed by atoms with E-state index in [1.165, 1.54) is 31.4 Å². The van der Waals surface area contributed by atoms with Crippen molar-refractivity contribution in [3.63, 3.8) is 0 Å². The van der Waals surface area contributed by atoms with E-state index in [1.54, 1.807) is 24.3 Å². The van der Waals surface area contributed by atoms with Gasteiger partial charge in [-0.3, -0.25) is 4.79 Å². The standard InChI is InChI=1S/C15H14ClNO5S/c1-21-13-4-2-3-5-14(13)22-15(18)10-17-23(19,20)12-8-6-11(16)7-9-12/h2-9,17H,10H2,1H3. The van der Waals surface area contributed by atoms with Gasteiger partial charge in [0.2, 0.25) is 10.0 Å². The molecule has 2 rings (SSSR count). The molecule has 0 saturated carbocycles. The smallest absolute Gasteiger partial charge is 0.326 e. The molecule has 0 aliphatic heterocycles. The zero-order valence-electron chi connectivity index (χ0n) is 12.2. The fraction of sp³-hybridized carbons (Fsp3) is 0.133. The Labute approximate surface area is 139 Å². The summed E-state index contributed by atoms with van der Waals surface area (Å²) in [5.41, 5.74) is 0. The lowest BCUT2D eigenvalue weighted by atomic mass is 10.3. The Bertz CT molecular complexity index is 790. The van der Waals surface area contributed by atoms with Crippen LogP contribution in [0.4, 0.5) is 0 Å². The quantitative estimate of drug-likeness (QED) is 0.634. The first-order valence-corrected chi connectivity index (χ1v) is 8.37. The molecular weight excluding hydrogens is 342 g/mol. The number of halogens is 1. The van der Waals surface area contributed by atoms with Gasteiger partial charge in [-0.1, -0.05) is 23.7 Å². The molecule has 2 aromatic rings. The molecule has 0 amide bonds. The first-order valence-electron chi connectivity index (χ1n) is 6.51. The zero-order chi connectivity index (χ0) is 16.9. The maximum atomic E-state index is 12.0. The van der Waals surface area contributed by atoms with Gasteiger partial charge >= 0.3 is 5.97 Å². The lowest BCUT2D eigenvalue weighted by molar-refractivity contribution is -0.133. The maximum Gasteiger partial charge on any atom is 0.326 e. The van der Waals surface area contributed by atoms with Crippen molar-refractivity contribution in [2.45, 2.75) is 4.90 Å². The van der Waals surface area contributed by atoms with Crippen molar-refractivity contribution in [1.29, 1.82) is 0 Å². The van der Waals surface area contributed by atoms with Gasteiger partial charge in [-0.15, -0.1) is 0 Å². The van der Waals surface area contributed by atoms with Gasteiger partial charge in [-0.25, -0.2) is 8.42 Å². The highest BCUT2D eigenvalue weighted by atomic mass is 35.5. The van der Waals surface area contributed by atoms with Crippen molar-refractivity contribution in [2.24, 2.45) is 0 Å². The van der Waals surface area contributed by atoms with Crippen molar-refractivity contribution in [3.8, 4) is 11.5 Å². The van der Waals surface area contributed by atoms with Crippen LogP contribution in [-0.4, -0.2) is 28.0 Å². The Kier molecular flexibility index (Phi) is 5.59. The number of ether oxygens (including phenoxy) is 2. The number of benzene rings is 2. The zero-order valence-corrected chi connectivity index (χ0v) is 13.7. The first kappa shape index (κ1) is 17.3. The molecule has 2 aromatic carbocycles. The molecule has 0 saturated heterocycles. The Balaban J connectivity index is 2.00. The van der Waals surface area contributed by atoms with Crippen LogP contribution in [0.5, 0.6) is 11.5 Å². The van der Waals surface area contributed by atoms with Crippen LogP contribution in [-0.2, 0) is 14.8 Å². The monoisotopic (exact) mass is 355 g/mol. The van der Waals surface area contributed by atoms with Crippen LogP contribution in [0.25, 0.3) is 0 Å². The van der Waals surface area contributed by atoms with Crippen LogP contribution in [0, 0.1) is 0 Å². The van der Waals surface area contributed by atoms with Gasteiger partial charge in [0.1, 0.15) is 6.54 Å². The lowest BCUT2D eigenvalue weighted by Crippen LogP contribution is -2.32. The molecule has 0 bridgehead atoms. The van der Waals surface area contributed by atoms with Crippen LogP contribution < -0.4 is 14.2 Å². The van der Waals surface area contributed by atoms with Crippen LogP contribution >= 0.6 is 11.6 Å². The second kappa shape index (κ2) is 7.45. The highest BCUT2D eigenvalue weighted by Crippen LogP contribution is 2.25. The number of rotatable bonds is 6. The number of carbonyl (C=O) groups is 1. The number of methoxy groups -OCH3 is 1. The first-order chi connectivity index (χ1) is 10.9. The largest absolute Gasteiger partial charge is 0.493 e. The van der Waals surface area contributed by atoms with E-state index in [2.05, 4.69) is 4.72 Å². The Morgan fingerprint density at radius 1 is 1.09 bits per heavy atom. The molecule has 0 spiro atoms. The van der Waals surface area contributed by atoms with Gasteiger partial charge < -0.3 is 9.47 Å². The van der Waals surface area contributed by atoms with E-state index in [0.29, 0.717) is 10.8 Å². The molecule has 0 aliphatic rings. The van der Waals surface area contributed by atoms with E-state index >= 15 is 0 Å².